The van der Waals surface area contributed by atoms with Crippen LogP contribution in [0.15, 0.2) is 36.5 Å². The smallest absolute Gasteiger partial charge is 0.251 e. The van der Waals surface area contributed by atoms with Crippen LogP contribution < -0.4 is 19.5 Å². The van der Waals surface area contributed by atoms with E-state index in [4.69, 9.17) is 14.2 Å². The fraction of sp³-hybridized carbons (Fsp3) is 0.368. The highest BCUT2D eigenvalue weighted by Crippen LogP contribution is 2.28. The Hall–Kier alpha value is -2.76. The zero-order valence-corrected chi connectivity index (χ0v) is 14.9. The summed E-state index contributed by atoms with van der Waals surface area (Å²) in [5, 5.41) is 2.86. The number of aromatic nitrogens is 1. The molecule has 25 heavy (non-hydrogen) atoms. The van der Waals surface area contributed by atoms with Crippen molar-refractivity contribution in [2.24, 2.45) is 0 Å². The van der Waals surface area contributed by atoms with Crippen LogP contribution in [0, 0.1) is 0 Å². The number of nitrogens with one attached hydrogen (secondary N) is 1. The first-order valence-corrected chi connectivity index (χ1v) is 8.26. The molecule has 0 spiro atoms. The zero-order chi connectivity index (χ0) is 18.1. The molecule has 0 aliphatic carbocycles. The second-order valence-electron chi connectivity index (χ2n) is 5.46. The van der Waals surface area contributed by atoms with Gasteiger partial charge >= 0.3 is 0 Å². The average Bonchev–Trinajstić information content (AvgIpc) is 2.66. The molecule has 1 aromatic carbocycles. The summed E-state index contributed by atoms with van der Waals surface area (Å²) in [6.07, 6.45) is 3.70. The molecule has 0 fully saturated rings. The van der Waals surface area contributed by atoms with Gasteiger partial charge in [0.25, 0.3) is 5.91 Å². The predicted molar refractivity (Wildman–Crippen MR) is 95.4 cm³/mol. The second-order valence-corrected chi connectivity index (χ2v) is 5.46. The maximum Gasteiger partial charge on any atom is 0.251 e. The summed E-state index contributed by atoms with van der Waals surface area (Å²) >= 11 is 0. The zero-order valence-electron chi connectivity index (χ0n) is 14.9. The van der Waals surface area contributed by atoms with Crippen molar-refractivity contribution in [2.75, 3.05) is 20.8 Å². The first-order valence-electron chi connectivity index (χ1n) is 8.26. The number of pyridine rings is 1. The van der Waals surface area contributed by atoms with Crippen molar-refractivity contribution in [3.63, 3.8) is 0 Å². The van der Waals surface area contributed by atoms with Crippen molar-refractivity contribution in [1.29, 1.82) is 0 Å². The van der Waals surface area contributed by atoms with Gasteiger partial charge in [0, 0.05) is 24.4 Å². The molecule has 0 aliphatic heterocycles. The molecule has 1 heterocycles. The first-order chi connectivity index (χ1) is 12.2. The number of rotatable bonds is 9. The van der Waals surface area contributed by atoms with Gasteiger partial charge in [-0.05, 0) is 30.2 Å². The van der Waals surface area contributed by atoms with Gasteiger partial charge in [0.1, 0.15) is 0 Å². The molecule has 1 N–H and O–H groups in total. The number of amides is 1. The van der Waals surface area contributed by atoms with Crippen molar-refractivity contribution < 1.29 is 19.0 Å². The number of nitrogens with zero attached hydrogens (tertiary/aromatic N) is 1. The van der Waals surface area contributed by atoms with Gasteiger partial charge in [-0.15, -0.1) is 0 Å². The van der Waals surface area contributed by atoms with E-state index in [1.807, 2.05) is 6.07 Å². The van der Waals surface area contributed by atoms with E-state index >= 15 is 0 Å². The van der Waals surface area contributed by atoms with Crippen LogP contribution >= 0.6 is 0 Å². The number of hydrogen-bond donors (Lipinski definition) is 1. The summed E-state index contributed by atoms with van der Waals surface area (Å²) in [4.78, 5) is 16.4. The number of carbonyl (C=O) groups is 1. The highest BCUT2D eigenvalue weighted by atomic mass is 16.5. The predicted octanol–water partition coefficient (Wildman–Crippen LogP) is 3.21. The fourth-order valence-electron chi connectivity index (χ4n) is 2.18. The Morgan fingerprint density at radius 1 is 1.12 bits per heavy atom. The topological polar surface area (TPSA) is 69.7 Å². The molecule has 6 nitrogen and oxygen atoms in total. The lowest BCUT2D eigenvalue weighted by atomic mass is 10.2. The van der Waals surface area contributed by atoms with Crippen LogP contribution in [0.2, 0.25) is 0 Å². The van der Waals surface area contributed by atoms with E-state index < -0.39 is 0 Å². The van der Waals surface area contributed by atoms with Gasteiger partial charge in [-0.3, -0.25) is 4.79 Å². The fourth-order valence-corrected chi connectivity index (χ4v) is 2.18. The molecule has 134 valence electrons. The molecule has 2 rings (SSSR count). The van der Waals surface area contributed by atoms with Crippen LogP contribution in [0.25, 0.3) is 0 Å². The van der Waals surface area contributed by atoms with E-state index in [1.54, 1.807) is 44.7 Å². The van der Waals surface area contributed by atoms with Gasteiger partial charge in [-0.1, -0.05) is 19.4 Å². The van der Waals surface area contributed by atoms with E-state index in [0.29, 0.717) is 36.1 Å². The van der Waals surface area contributed by atoms with Crippen LogP contribution in [0.1, 0.15) is 35.7 Å². The SMILES string of the molecule is CCCCOc1ccc(C(=O)NCc2ccc(OC)nc2)cc1OC. The Kier molecular flexibility index (Phi) is 7.07. The van der Waals surface area contributed by atoms with Crippen LogP contribution in [0.3, 0.4) is 0 Å². The molecule has 0 saturated heterocycles. The Morgan fingerprint density at radius 3 is 2.60 bits per heavy atom. The number of hydrogen-bond acceptors (Lipinski definition) is 5. The van der Waals surface area contributed by atoms with E-state index in [1.165, 1.54) is 0 Å². The van der Waals surface area contributed by atoms with Crippen LogP contribution in [0.4, 0.5) is 0 Å². The third-order valence-corrected chi connectivity index (χ3v) is 3.64. The van der Waals surface area contributed by atoms with E-state index in [-0.39, 0.29) is 5.91 Å². The minimum Gasteiger partial charge on any atom is -0.493 e. The molecule has 1 aromatic heterocycles. The second kappa shape index (κ2) is 9.52. The number of methoxy groups -OCH3 is 2. The van der Waals surface area contributed by atoms with E-state index in [9.17, 15) is 4.79 Å². The van der Waals surface area contributed by atoms with Gasteiger partial charge in [0.2, 0.25) is 5.88 Å². The van der Waals surface area contributed by atoms with Gasteiger partial charge < -0.3 is 19.5 Å². The molecule has 0 bridgehead atoms. The lowest BCUT2D eigenvalue weighted by Crippen LogP contribution is -2.22. The molecule has 2 aromatic rings. The summed E-state index contributed by atoms with van der Waals surface area (Å²) in [7, 11) is 3.12. The van der Waals surface area contributed by atoms with E-state index in [0.717, 1.165) is 18.4 Å². The summed E-state index contributed by atoms with van der Waals surface area (Å²) in [6, 6.07) is 8.79. The van der Waals surface area contributed by atoms with Crippen molar-refractivity contribution in [2.45, 2.75) is 26.3 Å². The highest BCUT2D eigenvalue weighted by molar-refractivity contribution is 5.94. The molecule has 0 unspecified atom stereocenters. The molecule has 0 atom stereocenters. The Morgan fingerprint density at radius 2 is 1.96 bits per heavy atom. The van der Waals surface area contributed by atoms with Gasteiger partial charge in [0.05, 0.1) is 20.8 Å². The van der Waals surface area contributed by atoms with Crippen LogP contribution in [0.5, 0.6) is 17.4 Å². The Labute approximate surface area is 148 Å². The van der Waals surface area contributed by atoms with Crippen molar-refractivity contribution in [3.05, 3.63) is 47.7 Å². The molecular weight excluding hydrogens is 320 g/mol. The number of ether oxygens (including phenoxy) is 3. The first kappa shape index (κ1) is 18.6. The highest BCUT2D eigenvalue weighted by Gasteiger charge is 2.11. The summed E-state index contributed by atoms with van der Waals surface area (Å²) in [5.74, 6) is 1.55. The van der Waals surface area contributed by atoms with Crippen LogP contribution in [-0.4, -0.2) is 31.7 Å². The maximum absolute atomic E-state index is 12.3. The van der Waals surface area contributed by atoms with Gasteiger partial charge in [-0.25, -0.2) is 4.98 Å². The van der Waals surface area contributed by atoms with Gasteiger partial charge in [-0.2, -0.15) is 0 Å². The maximum atomic E-state index is 12.3. The minimum atomic E-state index is -0.186. The molecular formula is C19H24N2O4. The third-order valence-electron chi connectivity index (χ3n) is 3.64. The van der Waals surface area contributed by atoms with Crippen LogP contribution in [-0.2, 0) is 6.54 Å². The minimum absolute atomic E-state index is 0.186. The molecule has 0 saturated carbocycles. The lowest BCUT2D eigenvalue weighted by molar-refractivity contribution is 0.0950. The largest absolute Gasteiger partial charge is 0.493 e. The molecule has 0 radical (unpaired) electrons. The molecule has 1 amide bonds. The number of unbranched alkanes of at least 4 members (excludes halogenated alkanes) is 1. The average molecular weight is 344 g/mol. The standard InChI is InChI=1S/C19H24N2O4/c1-4-5-10-25-16-8-7-15(11-17(16)23-2)19(22)21-13-14-6-9-18(24-3)20-12-14/h6-9,11-12H,4-5,10,13H2,1-3H3,(H,21,22). The Balaban J connectivity index is 1.98. The number of carbonyl (C=O) groups excluding carboxylic acids is 1. The normalized spacial score (nSPS) is 10.2. The van der Waals surface area contributed by atoms with Crippen molar-refractivity contribution in [1.82, 2.24) is 10.3 Å². The third kappa shape index (κ3) is 5.38. The monoisotopic (exact) mass is 344 g/mol. The number of benzene rings is 1. The summed E-state index contributed by atoms with van der Waals surface area (Å²) in [6.45, 7) is 3.11. The Bertz CT molecular complexity index is 686. The van der Waals surface area contributed by atoms with Crippen molar-refractivity contribution in [3.8, 4) is 17.4 Å². The van der Waals surface area contributed by atoms with Crippen molar-refractivity contribution >= 4 is 5.91 Å². The molecule has 6 heteroatoms. The summed E-state index contributed by atoms with van der Waals surface area (Å²) in [5.41, 5.74) is 1.40. The van der Waals surface area contributed by atoms with E-state index in [2.05, 4.69) is 17.2 Å². The quantitative estimate of drug-likeness (QED) is 0.708. The van der Waals surface area contributed by atoms with Gasteiger partial charge in [0.15, 0.2) is 11.5 Å². The lowest BCUT2D eigenvalue weighted by Gasteiger charge is -2.12. The summed E-state index contributed by atoms with van der Waals surface area (Å²) < 4.78 is 16.0. The molecule has 0 aliphatic rings.